The summed E-state index contributed by atoms with van der Waals surface area (Å²) in [5.74, 6) is 0.391. The van der Waals surface area contributed by atoms with E-state index in [-0.39, 0.29) is 18.3 Å². The van der Waals surface area contributed by atoms with Crippen LogP contribution in [0.4, 0.5) is 0 Å². The van der Waals surface area contributed by atoms with Gasteiger partial charge in [-0.15, -0.1) is 0 Å². The van der Waals surface area contributed by atoms with E-state index in [4.69, 9.17) is 9.47 Å². The molecule has 0 bridgehead atoms. The van der Waals surface area contributed by atoms with E-state index < -0.39 is 6.04 Å². The Morgan fingerprint density at radius 3 is 2.76 bits per heavy atom. The van der Waals surface area contributed by atoms with E-state index in [0.29, 0.717) is 13.0 Å². The van der Waals surface area contributed by atoms with Gasteiger partial charge in [-0.1, -0.05) is 12.1 Å². The first-order valence-electron chi connectivity index (χ1n) is 7.07. The molecule has 0 aliphatic carbocycles. The Labute approximate surface area is 124 Å². The molecular formula is C16H21NO4. The summed E-state index contributed by atoms with van der Waals surface area (Å²) in [7, 11) is 2.97. The first-order valence-corrected chi connectivity index (χ1v) is 7.07. The zero-order valence-corrected chi connectivity index (χ0v) is 12.7. The third-order valence-corrected chi connectivity index (χ3v) is 3.87. The summed E-state index contributed by atoms with van der Waals surface area (Å²) in [5, 5.41) is 0. The fraction of sp³-hybridized carbons (Fsp3) is 0.500. The van der Waals surface area contributed by atoms with Crippen molar-refractivity contribution in [1.29, 1.82) is 0 Å². The number of ether oxygens (including phenoxy) is 2. The zero-order chi connectivity index (χ0) is 15.4. The number of esters is 1. The molecule has 1 fully saturated rings. The van der Waals surface area contributed by atoms with Crippen LogP contribution in [0.15, 0.2) is 18.2 Å². The first-order chi connectivity index (χ1) is 10.1. The van der Waals surface area contributed by atoms with Crippen LogP contribution >= 0.6 is 0 Å². The number of likely N-dealkylation sites (tertiary alicyclic amines) is 1. The Bertz CT molecular complexity index is 541. The van der Waals surface area contributed by atoms with Crippen molar-refractivity contribution >= 4 is 11.9 Å². The van der Waals surface area contributed by atoms with Gasteiger partial charge < -0.3 is 14.4 Å². The van der Waals surface area contributed by atoms with Gasteiger partial charge in [0, 0.05) is 6.54 Å². The summed E-state index contributed by atoms with van der Waals surface area (Å²) in [4.78, 5) is 25.7. The zero-order valence-electron chi connectivity index (χ0n) is 12.7. The molecule has 1 aromatic carbocycles. The highest BCUT2D eigenvalue weighted by Crippen LogP contribution is 2.22. The van der Waals surface area contributed by atoms with Gasteiger partial charge in [-0.2, -0.15) is 0 Å². The number of amides is 1. The number of aryl methyl sites for hydroxylation is 1. The second-order valence-electron chi connectivity index (χ2n) is 5.25. The van der Waals surface area contributed by atoms with Crippen molar-refractivity contribution in [2.24, 2.45) is 0 Å². The summed E-state index contributed by atoms with van der Waals surface area (Å²) in [6, 6.07) is 5.29. The maximum Gasteiger partial charge on any atom is 0.328 e. The van der Waals surface area contributed by atoms with E-state index in [1.165, 1.54) is 7.11 Å². The van der Waals surface area contributed by atoms with E-state index >= 15 is 0 Å². The predicted molar refractivity (Wildman–Crippen MR) is 78.2 cm³/mol. The number of hydrogen-bond donors (Lipinski definition) is 0. The van der Waals surface area contributed by atoms with Gasteiger partial charge in [-0.25, -0.2) is 4.79 Å². The van der Waals surface area contributed by atoms with Crippen LogP contribution in [0.5, 0.6) is 5.75 Å². The molecule has 114 valence electrons. The van der Waals surface area contributed by atoms with Gasteiger partial charge >= 0.3 is 5.97 Å². The molecule has 1 aliphatic rings. The molecule has 0 saturated carbocycles. The van der Waals surface area contributed by atoms with Gasteiger partial charge in [0.1, 0.15) is 11.8 Å². The number of rotatable bonds is 4. The third-order valence-electron chi connectivity index (χ3n) is 3.87. The van der Waals surface area contributed by atoms with E-state index in [2.05, 4.69) is 0 Å². The molecule has 2 rings (SSSR count). The van der Waals surface area contributed by atoms with Crippen LogP contribution in [0.3, 0.4) is 0 Å². The first kappa shape index (κ1) is 15.4. The van der Waals surface area contributed by atoms with Gasteiger partial charge in [-0.3, -0.25) is 4.79 Å². The van der Waals surface area contributed by atoms with Gasteiger partial charge in [0.05, 0.1) is 20.6 Å². The van der Waals surface area contributed by atoms with Crippen LogP contribution in [-0.2, 0) is 20.7 Å². The lowest BCUT2D eigenvalue weighted by Gasteiger charge is -2.22. The SMILES string of the molecule is COC(=O)C1CCCN1C(=O)Cc1ccc(C)c(OC)c1. The highest BCUT2D eigenvalue weighted by Gasteiger charge is 2.34. The molecule has 1 amide bonds. The maximum atomic E-state index is 12.4. The van der Waals surface area contributed by atoms with Crippen molar-refractivity contribution in [1.82, 2.24) is 4.90 Å². The molecule has 5 heteroatoms. The molecule has 0 radical (unpaired) electrons. The fourth-order valence-corrected chi connectivity index (χ4v) is 2.70. The molecule has 1 aromatic rings. The average molecular weight is 291 g/mol. The molecule has 0 spiro atoms. The lowest BCUT2D eigenvalue weighted by atomic mass is 10.1. The number of methoxy groups -OCH3 is 2. The Balaban J connectivity index is 2.09. The van der Waals surface area contributed by atoms with Crippen molar-refractivity contribution in [3.8, 4) is 5.75 Å². The number of hydrogen-bond acceptors (Lipinski definition) is 4. The Kier molecular flexibility index (Phi) is 4.83. The van der Waals surface area contributed by atoms with E-state index in [1.807, 2.05) is 25.1 Å². The molecule has 1 unspecified atom stereocenters. The molecular weight excluding hydrogens is 270 g/mol. The minimum atomic E-state index is -0.435. The second-order valence-corrected chi connectivity index (χ2v) is 5.25. The van der Waals surface area contributed by atoms with E-state index in [9.17, 15) is 9.59 Å². The van der Waals surface area contributed by atoms with Crippen molar-refractivity contribution in [2.45, 2.75) is 32.2 Å². The van der Waals surface area contributed by atoms with E-state index in [1.54, 1.807) is 12.0 Å². The summed E-state index contributed by atoms with van der Waals surface area (Å²) in [5.41, 5.74) is 1.92. The fourth-order valence-electron chi connectivity index (χ4n) is 2.70. The number of nitrogens with zero attached hydrogens (tertiary/aromatic N) is 1. The predicted octanol–water partition coefficient (Wildman–Crippen LogP) is 1.71. The monoisotopic (exact) mass is 291 g/mol. The van der Waals surface area contributed by atoms with Gasteiger partial charge in [0.25, 0.3) is 0 Å². The highest BCUT2D eigenvalue weighted by molar-refractivity contribution is 5.86. The number of carbonyl (C=O) groups excluding carboxylic acids is 2. The van der Waals surface area contributed by atoms with Crippen LogP contribution in [0.25, 0.3) is 0 Å². The molecule has 1 heterocycles. The minimum Gasteiger partial charge on any atom is -0.496 e. The van der Waals surface area contributed by atoms with Crippen molar-refractivity contribution in [3.05, 3.63) is 29.3 Å². The Hall–Kier alpha value is -2.04. The normalized spacial score (nSPS) is 17.7. The summed E-state index contributed by atoms with van der Waals surface area (Å²) in [6.45, 7) is 2.57. The van der Waals surface area contributed by atoms with Crippen LogP contribution in [0.2, 0.25) is 0 Å². The standard InChI is InChI=1S/C16H21NO4/c1-11-6-7-12(9-14(11)20-2)10-15(18)17-8-4-5-13(17)16(19)21-3/h6-7,9,13H,4-5,8,10H2,1-3H3. The smallest absolute Gasteiger partial charge is 0.328 e. The molecule has 1 saturated heterocycles. The summed E-state index contributed by atoms with van der Waals surface area (Å²) >= 11 is 0. The number of carbonyl (C=O) groups is 2. The Morgan fingerprint density at radius 2 is 2.10 bits per heavy atom. The van der Waals surface area contributed by atoms with E-state index in [0.717, 1.165) is 23.3 Å². The van der Waals surface area contributed by atoms with Crippen LogP contribution in [0.1, 0.15) is 24.0 Å². The van der Waals surface area contributed by atoms with Crippen molar-refractivity contribution in [3.63, 3.8) is 0 Å². The van der Waals surface area contributed by atoms with Gasteiger partial charge in [0.2, 0.25) is 5.91 Å². The van der Waals surface area contributed by atoms with Gasteiger partial charge in [0.15, 0.2) is 0 Å². The molecule has 0 aromatic heterocycles. The second kappa shape index (κ2) is 6.61. The average Bonchev–Trinajstić information content (AvgIpc) is 2.98. The highest BCUT2D eigenvalue weighted by atomic mass is 16.5. The molecule has 1 aliphatic heterocycles. The number of benzene rings is 1. The van der Waals surface area contributed by atoms with Crippen LogP contribution < -0.4 is 4.74 Å². The summed E-state index contributed by atoms with van der Waals surface area (Å²) < 4.78 is 10.0. The molecule has 21 heavy (non-hydrogen) atoms. The molecule has 0 N–H and O–H groups in total. The van der Waals surface area contributed by atoms with Crippen molar-refractivity contribution < 1.29 is 19.1 Å². The molecule has 5 nitrogen and oxygen atoms in total. The molecule has 1 atom stereocenters. The lowest BCUT2D eigenvalue weighted by molar-refractivity contribution is -0.150. The summed E-state index contributed by atoms with van der Waals surface area (Å²) in [6.07, 6.45) is 1.78. The van der Waals surface area contributed by atoms with Gasteiger partial charge in [-0.05, 0) is 37.0 Å². The maximum absolute atomic E-state index is 12.4. The lowest BCUT2D eigenvalue weighted by Crippen LogP contribution is -2.41. The minimum absolute atomic E-state index is 0.0474. The van der Waals surface area contributed by atoms with Crippen LogP contribution in [-0.4, -0.2) is 43.6 Å². The van der Waals surface area contributed by atoms with Crippen LogP contribution in [0, 0.1) is 6.92 Å². The topological polar surface area (TPSA) is 55.8 Å². The Morgan fingerprint density at radius 1 is 1.33 bits per heavy atom. The third kappa shape index (κ3) is 3.35. The largest absolute Gasteiger partial charge is 0.496 e. The quantitative estimate of drug-likeness (QED) is 0.793. The van der Waals surface area contributed by atoms with Crippen molar-refractivity contribution in [2.75, 3.05) is 20.8 Å².